The van der Waals surface area contributed by atoms with Gasteiger partial charge < -0.3 is 4.42 Å². The summed E-state index contributed by atoms with van der Waals surface area (Å²) in [6, 6.07) is 44.0. The maximum Gasteiger partial charge on any atom is 0.164 e. The Bertz CT molecular complexity index is 2350. The van der Waals surface area contributed by atoms with E-state index >= 15 is 0 Å². The second kappa shape index (κ2) is 9.06. The molecule has 6 aromatic carbocycles. The summed E-state index contributed by atoms with van der Waals surface area (Å²) in [6.07, 6.45) is 0. The molecule has 0 N–H and O–H groups in total. The number of aromatic nitrogens is 3. The normalized spacial score (nSPS) is 11.8. The zero-order chi connectivity index (χ0) is 27.6. The number of nitrogens with zero attached hydrogens (tertiary/aromatic N) is 3. The molecule has 5 heteroatoms. The van der Waals surface area contributed by atoms with Gasteiger partial charge in [0, 0.05) is 47.6 Å². The van der Waals surface area contributed by atoms with Crippen molar-refractivity contribution >= 4 is 64.2 Å². The lowest BCUT2D eigenvalue weighted by atomic mass is 10.0. The van der Waals surface area contributed by atoms with Crippen LogP contribution in [0.3, 0.4) is 0 Å². The van der Waals surface area contributed by atoms with Gasteiger partial charge in [-0.2, -0.15) is 0 Å². The number of fused-ring (bicyclic) bond motifs is 7. The first-order chi connectivity index (χ1) is 20.8. The van der Waals surface area contributed by atoms with Crippen LogP contribution in [0.4, 0.5) is 0 Å². The van der Waals surface area contributed by atoms with Crippen molar-refractivity contribution in [2.75, 3.05) is 0 Å². The minimum Gasteiger partial charge on any atom is -0.456 e. The number of hydrogen-bond acceptors (Lipinski definition) is 5. The first-order valence-electron chi connectivity index (χ1n) is 13.9. The van der Waals surface area contributed by atoms with Crippen LogP contribution in [0.2, 0.25) is 0 Å². The summed E-state index contributed by atoms with van der Waals surface area (Å²) in [6.45, 7) is 0. The van der Waals surface area contributed by atoms with Crippen LogP contribution in [0.1, 0.15) is 0 Å². The number of thiophene rings is 1. The molecule has 196 valence electrons. The van der Waals surface area contributed by atoms with Crippen LogP contribution >= 0.6 is 11.3 Å². The Morgan fingerprint density at radius 3 is 1.93 bits per heavy atom. The van der Waals surface area contributed by atoms with Gasteiger partial charge in [-0.05, 0) is 41.1 Å². The smallest absolute Gasteiger partial charge is 0.164 e. The standard InChI is InChI=1S/C37H21N3OS/c1-2-10-25-22(8-1)9-7-13-30(25)37-39-35(23-16-18-27-26-11-3-5-14-31(26)41-32(27)20-23)38-36(40-37)24-17-19-29-28-12-4-6-15-33(28)42-34(29)21-24/h1-21H. The molecule has 0 unspecified atom stereocenters. The van der Waals surface area contributed by atoms with Gasteiger partial charge in [0.25, 0.3) is 0 Å². The van der Waals surface area contributed by atoms with Crippen molar-refractivity contribution in [3.8, 4) is 34.2 Å². The van der Waals surface area contributed by atoms with Crippen LogP contribution in [0.5, 0.6) is 0 Å². The van der Waals surface area contributed by atoms with Crippen LogP contribution in [0, 0.1) is 0 Å². The molecule has 0 bridgehead atoms. The fourth-order valence-electron chi connectivity index (χ4n) is 5.90. The Morgan fingerprint density at radius 1 is 0.429 bits per heavy atom. The molecule has 0 saturated heterocycles. The lowest BCUT2D eigenvalue weighted by Crippen LogP contribution is -2.00. The summed E-state index contributed by atoms with van der Waals surface area (Å²) < 4.78 is 8.70. The highest BCUT2D eigenvalue weighted by molar-refractivity contribution is 7.25. The van der Waals surface area contributed by atoms with Gasteiger partial charge in [0.15, 0.2) is 17.5 Å². The molecule has 9 aromatic rings. The molecule has 0 aliphatic rings. The largest absolute Gasteiger partial charge is 0.456 e. The van der Waals surface area contributed by atoms with E-state index in [-0.39, 0.29) is 0 Å². The van der Waals surface area contributed by atoms with Gasteiger partial charge in [0.05, 0.1) is 0 Å². The van der Waals surface area contributed by atoms with Crippen molar-refractivity contribution in [3.63, 3.8) is 0 Å². The van der Waals surface area contributed by atoms with Crippen molar-refractivity contribution in [2.24, 2.45) is 0 Å². The number of hydrogen-bond donors (Lipinski definition) is 0. The molecular formula is C37H21N3OS. The van der Waals surface area contributed by atoms with Crippen molar-refractivity contribution in [1.82, 2.24) is 15.0 Å². The molecule has 0 aliphatic heterocycles. The highest BCUT2D eigenvalue weighted by Crippen LogP contribution is 2.37. The maximum absolute atomic E-state index is 6.21. The molecule has 0 fully saturated rings. The SMILES string of the molecule is c1ccc2c(-c3nc(-c4ccc5c(c4)oc4ccccc45)nc(-c4ccc5c(c4)sc4ccccc45)n3)cccc2c1. The Kier molecular flexibility index (Phi) is 5.03. The molecule has 3 aromatic heterocycles. The summed E-state index contributed by atoms with van der Waals surface area (Å²) in [7, 11) is 0. The molecule has 0 atom stereocenters. The molecule has 0 aliphatic carbocycles. The van der Waals surface area contributed by atoms with Crippen LogP contribution < -0.4 is 0 Å². The lowest BCUT2D eigenvalue weighted by molar-refractivity contribution is 0.669. The molecule has 4 nitrogen and oxygen atoms in total. The molecular weight excluding hydrogens is 534 g/mol. The number of para-hydroxylation sites is 1. The van der Waals surface area contributed by atoms with E-state index in [2.05, 4.69) is 103 Å². The summed E-state index contributed by atoms with van der Waals surface area (Å²) in [5, 5.41) is 6.95. The van der Waals surface area contributed by atoms with Gasteiger partial charge in [0.2, 0.25) is 0 Å². The molecule has 0 saturated carbocycles. The van der Waals surface area contributed by atoms with Crippen LogP contribution in [-0.2, 0) is 0 Å². The Labute approximate surface area is 244 Å². The van der Waals surface area contributed by atoms with Crippen LogP contribution in [0.15, 0.2) is 132 Å². The average Bonchev–Trinajstić information content (AvgIpc) is 3.61. The lowest BCUT2D eigenvalue weighted by Gasteiger charge is -2.10. The molecule has 0 spiro atoms. The highest BCUT2D eigenvalue weighted by Gasteiger charge is 2.17. The third-order valence-electron chi connectivity index (χ3n) is 7.94. The van der Waals surface area contributed by atoms with Crippen molar-refractivity contribution < 1.29 is 4.42 Å². The molecule has 0 radical (unpaired) electrons. The van der Waals surface area contributed by atoms with Gasteiger partial charge in [-0.25, -0.2) is 15.0 Å². The predicted octanol–water partition coefficient (Wildman–Crippen LogP) is 10.3. The number of rotatable bonds is 3. The van der Waals surface area contributed by atoms with Crippen molar-refractivity contribution in [2.45, 2.75) is 0 Å². The van der Waals surface area contributed by atoms with Crippen molar-refractivity contribution in [1.29, 1.82) is 0 Å². The van der Waals surface area contributed by atoms with E-state index in [1.165, 1.54) is 20.2 Å². The summed E-state index contributed by atoms with van der Waals surface area (Å²) in [5.74, 6) is 1.90. The zero-order valence-electron chi connectivity index (χ0n) is 22.3. The average molecular weight is 556 g/mol. The van der Waals surface area contributed by atoms with E-state index in [4.69, 9.17) is 19.4 Å². The molecule has 3 heterocycles. The van der Waals surface area contributed by atoms with E-state index in [1.807, 2.05) is 24.3 Å². The Balaban J connectivity index is 1.28. The van der Waals surface area contributed by atoms with E-state index in [9.17, 15) is 0 Å². The van der Waals surface area contributed by atoms with Gasteiger partial charge in [-0.15, -0.1) is 11.3 Å². The van der Waals surface area contributed by atoms with Crippen molar-refractivity contribution in [3.05, 3.63) is 127 Å². The second-order valence-electron chi connectivity index (χ2n) is 10.5. The quantitative estimate of drug-likeness (QED) is 0.218. The fraction of sp³-hybridized carbons (Fsp3) is 0. The second-order valence-corrected chi connectivity index (χ2v) is 11.5. The minimum absolute atomic E-state index is 0.613. The van der Waals surface area contributed by atoms with Crippen LogP contribution in [0.25, 0.3) is 87.0 Å². The summed E-state index contributed by atoms with van der Waals surface area (Å²) in [4.78, 5) is 15.2. The fourth-order valence-corrected chi connectivity index (χ4v) is 7.05. The van der Waals surface area contributed by atoms with E-state index < -0.39 is 0 Å². The predicted molar refractivity (Wildman–Crippen MR) is 174 cm³/mol. The van der Waals surface area contributed by atoms with E-state index in [0.29, 0.717) is 17.5 Å². The maximum atomic E-state index is 6.21. The zero-order valence-corrected chi connectivity index (χ0v) is 23.1. The van der Waals surface area contributed by atoms with Gasteiger partial charge in [0.1, 0.15) is 11.2 Å². The molecule has 0 amide bonds. The third-order valence-corrected chi connectivity index (χ3v) is 9.07. The minimum atomic E-state index is 0.613. The van der Waals surface area contributed by atoms with Gasteiger partial charge in [-0.1, -0.05) is 97.1 Å². The molecule has 9 rings (SSSR count). The highest BCUT2D eigenvalue weighted by atomic mass is 32.1. The Morgan fingerprint density at radius 2 is 1.05 bits per heavy atom. The van der Waals surface area contributed by atoms with Gasteiger partial charge in [-0.3, -0.25) is 0 Å². The first-order valence-corrected chi connectivity index (χ1v) is 14.7. The number of furan rings is 1. The molecule has 42 heavy (non-hydrogen) atoms. The number of benzene rings is 6. The summed E-state index contributed by atoms with van der Waals surface area (Å²) in [5.41, 5.74) is 4.51. The monoisotopic (exact) mass is 555 g/mol. The Hall–Kier alpha value is -5.39. The van der Waals surface area contributed by atoms with E-state index in [1.54, 1.807) is 11.3 Å². The third kappa shape index (κ3) is 3.64. The van der Waals surface area contributed by atoms with E-state index in [0.717, 1.165) is 49.4 Å². The first kappa shape index (κ1) is 23.3. The van der Waals surface area contributed by atoms with Crippen LogP contribution in [-0.4, -0.2) is 15.0 Å². The summed E-state index contributed by atoms with van der Waals surface area (Å²) >= 11 is 1.79. The van der Waals surface area contributed by atoms with Gasteiger partial charge >= 0.3 is 0 Å². The topological polar surface area (TPSA) is 51.8 Å².